The Labute approximate surface area is 123 Å². The van der Waals surface area contributed by atoms with Gasteiger partial charge in [0, 0.05) is 4.47 Å². The molecule has 0 bridgehead atoms. The van der Waals surface area contributed by atoms with E-state index >= 15 is 0 Å². The van der Waals surface area contributed by atoms with Crippen molar-refractivity contribution in [2.45, 2.75) is 13.8 Å². The van der Waals surface area contributed by atoms with E-state index in [4.69, 9.17) is 4.74 Å². The van der Waals surface area contributed by atoms with Crippen LogP contribution in [0.25, 0.3) is 6.08 Å². The van der Waals surface area contributed by atoms with Gasteiger partial charge in [0.05, 0.1) is 0 Å². The highest BCUT2D eigenvalue weighted by molar-refractivity contribution is 9.10. The van der Waals surface area contributed by atoms with Gasteiger partial charge in [-0.1, -0.05) is 52.3 Å². The van der Waals surface area contributed by atoms with E-state index in [-0.39, 0.29) is 0 Å². The van der Waals surface area contributed by atoms with Gasteiger partial charge in [0.25, 0.3) is 0 Å². The third-order valence-corrected chi connectivity index (χ3v) is 4.12. The fourth-order valence-electron chi connectivity index (χ4n) is 1.88. The van der Waals surface area contributed by atoms with Crippen molar-refractivity contribution >= 4 is 22.0 Å². The molecule has 0 atom stereocenters. The topological polar surface area (TPSA) is 9.23 Å². The van der Waals surface area contributed by atoms with Crippen LogP contribution in [0.3, 0.4) is 0 Å². The van der Waals surface area contributed by atoms with Gasteiger partial charge in [-0.3, -0.25) is 0 Å². The lowest BCUT2D eigenvalue weighted by molar-refractivity contribution is 0.363. The number of halogens is 1. The number of hydrogen-bond acceptors (Lipinski definition) is 1. The molecule has 2 aromatic rings. The third-order valence-electron chi connectivity index (χ3n) is 2.87. The minimum Gasteiger partial charge on any atom is -0.490 e. The van der Waals surface area contributed by atoms with Crippen LogP contribution in [-0.2, 0) is 0 Å². The molecule has 0 saturated carbocycles. The van der Waals surface area contributed by atoms with Crippen LogP contribution in [0, 0.1) is 13.8 Å². The van der Waals surface area contributed by atoms with Gasteiger partial charge in [-0.15, -0.1) is 0 Å². The van der Waals surface area contributed by atoms with Crippen molar-refractivity contribution in [2.75, 3.05) is 6.61 Å². The Kier molecular flexibility index (Phi) is 4.80. The molecule has 19 heavy (non-hydrogen) atoms. The predicted molar refractivity (Wildman–Crippen MR) is 84.6 cm³/mol. The second kappa shape index (κ2) is 6.58. The van der Waals surface area contributed by atoms with Gasteiger partial charge in [-0.25, -0.2) is 0 Å². The van der Waals surface area contributed by atoms with Crippen molar-refractivity contribution in [3.05, 3.63) is 69.7 Å². The van der Waals surface area contributed by atoms with Gasteiger partial charge >= 0.3 is 0 Å². The first-order valence-corrected chi connectivity index (χ1v) is 7.07. The first-order chi connectivity index (χ1) is 9.16. The number of ether oxygens (including phenoxy) is 1. The summed E-state index contributed by atoms with van der Waals surface area (Å²) in [7, 11) is 0. The predicted octanol–water partition coefficient (Wildman–Crippen LogP) is 5.16. The first kappa shape index (κ1) is 13.9. The second-order valence-corrected chi connectivity index (χ2v) is 5.29. The molecule has 2 heteroatoms. The average Bonchev–Trinajstić information content (AvgIpc) is 2.42. The van der Waals surface area contributed by atoms with Crippen LogP contribution in [0.2, 0.25) is 0 Å². The van der Waals surface area contributed by atoms with E-state index in [0.29, 0.717) is 6.61 Å². The summed E-state index contributed by atoms with van der Waals surface area (Å²) in [6.45, 7) is 4.73. The van der Waals surface area contributed by atoms with Crippen LogP contribution in [0.1, 0.15) is 16.7 Å². The van der Waals surface area contributed by atoms with Crippen LogP contribution >= 0.6 is 15.9 Å². The third kappa shape index (κ3) is 3.97. The summed E-state index contributed by atoms with van der Waals surface area (Å²) in [5.74, 6) is 0.913. The van der Waals surface area contributed by atoms with Gasteiger partial charge in [0.2, 0.25) is 0 Å². The molecule has 2 aromatic carbocycles. The molecule has 0 aliphatic carbocycles. The summed E-state index contributed by atoms with van der Waals surface area (Å²) in [4.78, 5) is 0. The quantitative estimate of drug-likeness (QED) is 0.757. The maximum absolute atomic E-state index is 5.74. The molecule has 0 N–H and O–H groups in total. The van der Waals surface area contributed by atoms with E-state index in [1.807, 2.05) is 36.4 Å². The molecule has 0 aromatic heterocycles. The summed E-state index contributed by atoms with van der Waals surface area (Å²) in [6.07, 6.45) is 4.10. The fraction of sp³-hybridized carbons (Fsp3) is 0.176. The monoisotopic (exact) mass is 316 g/mol. The molecule has 0 heterocycles. The lowest BCUT2D eigenvalue weighted by atomic mass is 10.1. The van der Waals surface area contributed by atoms with E-state index in [1.165, 1.54) is 16.7 Å². The molecule has 0 amide bonds. The van der Waals surface area contributed by atoms with Crippen LogP contribution in [0.5, 0.6) is 5.75 Å². The molecule has 0 radical (unpaired) electrons. The molecule has 0 saturated heterocycles. The zero-order valence-electron chi connectivity index (χ0n) is 11.2. The standard InChI is InChI=1S/C17H17BrO/c1-13-11-16(12-14(2)17(13)18)19-10-6-9-15-7-4-3-5-8-15/h3-9,11-12H,10H2,1-2H3/b9-6+. The largest absolute Gasteiger partial charge is 0.490 e. The van der Waals surface area contributed by atoms with Crippen molar-refractivity contribution < 1.29 is 4.74 Å². The molecule has 0 aliphatic heterocycles. The van der Waals surface area contributed by atoms with Crippen LogP contribution in [0.15, 0.2) is 53.0 Å². The summed E-state index contributed by atoms with van der Waals surface area (Å²) < 4.78 is 6.89. The van der Waals surface area contributed by atoms with Gasteiger partial charge in [0.15, 0.2) is 0 Å². The smallest absolute Gasteiger partial charge is 0.120 e. The molecular formula is C17H17BrO. The van der Waals surface area contributed by atoms with Crippen molar-refractivity contribution in [3.63, 3.8) is 0 Å². The highest BCUT2D eigenvalue weighted by Crippen LogP contribution is 2.26. The highest BCUT2D eigenvalue weighted by atomic mass is 79.9. The summed E-state index contributed by atoms with van der Waals surface area (Å²) in [6, 6.07) is 14.3. The molecule has 1 nitrogen and oxygen atoms in total. The Morgan fingerprint density at radius 1 is 1.05 bits per heavy atom. The van der Waals surface area contributed by atoms with E-state index in [0.717, 1.165) is 10.2 Å². The highest BCUT2D eigenvalue weighted by Gasteiger charge is 2.02. The van der Waals surface area contributed by atoms with Crippen molar-refractivity contribution in [1.29, 1.82) is 0 Å². The summed E-state index contributed by atoms with van der Waals surface area (Å²) in [5.41, 5.74) is 3.58. The molecule has 0 spiro atoms. The molecular weight excluding hydrogens is 300 g/mol. The SMILES string of the molecule is Cc1cc(OC/C=C/c2ccccc2)cc(C)c1Br. The Hall–Kier alpha value is -1.54. The lowest BCUT2D eigenvalue weighted by Crippen LogP contribution is -1.95. The lowest BCUT2D eigenvalue weighted by Gasteiger charge is -2.08. The van der Waals surface area contributed by atoms with E-state index in [2.05, 4.69) is 48.0 Å². The number of benzene rings is 2. The van der Waals surface area contributed by atoms with Crippen LogP contribution < -0.4 is 4.74 Å². The number of hydrogen-bond donors (Lipinski definition) is 0. The zero-order valence-corrected chi connectivity index (χ0v) is 12.8. The zero-order chi connectivity index (χ0) is 13.7. The number of rotatable bonds is 4. The Balaban J connectivity index is 1.95. The van der Waals surface area contributed by atoms with Crippen LogP contribution in [0.4, 0.5) is 0 Å². The Morgan fingerprint density at radius 2 is 1.68 bits per heavy atom. The average molecular weight is 317 g/mol. The molecule has 2 rings (SSSR count). The minimum atomic E-state index is 0.579. The van der Waals surface area contributed by atoms with Crippen molar-refractivity contribution in [3.8, 4) is 5.75 Å². The maximum atomic E-state index is 5.74. The van der Waals surface area contributed by atoms with Gasteiger partial charge in [0.1, 0.15) is 12.4 Å². The van der Waals surface area contributed by atoms with Crippen molar-refractivity contribution in [2.24, 2.45) is 0 Å². The number of aryl methyl sites for hydroxylation is 2. The first-order valence-electron chi connectivity index (χ1n) is 6.28. The van der Waals surface area contributed by atoms with Crippen molar-refractivity contribution in [1.82, 2.24) is 0 Å². The second-order valence-electron chi connectivity index (χ2n) is 4.50. The molecule has 98 valence electrons. The normalized spacial score (nSPS) is 10.9. The maximum Gasteiger partial charge on any atom is 0.120 e. The van der Waals surface area contributed by atoms with Gasteiger partial charge in [-0.05, 0) is 48.7 Å². The van der Waals surface area contributed by atoms with Crippen LogP contribution in [-0.4, -0.2) is 6.61 Å². The molecule has 0 unspecified atom stereocenters. The Bertz CT molecular complexity index is 550. The van der Waals surface area contributed by atoms with E-state index in [1.54, 1.807) is 0 Å². The minimum absolute atomic E-state index is 0.579. The van der Waals surface area contributed by atoms with Gasteiger partial charge < -0.3 is 4.74 Å². The summed E-state index contributed by atoms with van der Waals surface area (Å²) >= 11 is 3.56. The molecule has 0 aliphatic rings. The fourth-order valence-corrected chi connectivity index (χ4v) is 2.11. The summed E-state index contributed by atoms with van der Waals surface area (Å²) in [5, 5.41) is 0. The Morgan fingerprint density at radius 3 is 2.32 bits per heavy atom. The van der Waals surface area contributed by atoms with E-state index < -0.39 is 0 Å². The van der Waals surface area contributed by atoms with E-state index in [9.17, 15) is 0 Å². The molecule has 0 fully saturated rings. The van der Waals surface area contributed by atoms with Gasteiger partial charge in [-0.2, -0.15) is 0 Å².